The van der Waals surface area contributed by atoms with Crippen LogP contribution in [0.5, 0.6) is 0 Å². The number of nitrogens with zero attached hydrogens (tertiary/aromatic N) is 5. The largest absolute Gasteiger partial charge is 0.289 e. The third kappa shape index (κ3) is 3.40. The molecule has 3 heterocycles. The molecule has 0 radical (unpaired) electrons. The van der Waals surface area contributed by atoms with E-state index in [2.05, 4.69) is 10.1 Å². The summed E-state index contributed by atoms with van der Waals surface area (Å²) in [5.41, 5.74) is -0.143. The van der Waals surface area contributed by atoms with Gasteiger partial charge >= 0.3 is 0 Å². The van der Waals surface area contributed by atoms with E-state index < -0.39 is 26.7 Å². The smallest absolute Gasteiger partial charge is 0.267 e. The van der Waals surface area contributed by atoms with Crippen molar-refractivity contribution < 1.29 is 13.3 Å². The van der Waals surface area contributed by atoms with E-state index in [9.17, 15) is 23.3 Å². The first-order valence-corrected chi connectivity index (χ1v) is 11.6. The summed E-state index contributed by atoms with van der Waals surface area (Å²) in [6, 6.07) is 6.12. The van der Waals surface area contributed by atoms with Crippen LogP contribution in [0.3, 0.4) is 0 Å². The average Bonchev–Trinajstić information content (AvgIpc) is 3.35. The fraction of sp³-hybridized carbons (Fsp3) is 0.389. The lowest BCUT2D eigenvalue weighted by atomic mass is 10.1. The summed E-state index contributed by atoms with van der Waals surface area (Å²) in [7, 11) is -4.13. The van der Waals surface area contributed by atoms with Gasteiger partial charge in [-0.15, -0.1) is 0 Å². The van der Waals surface area contributed by atoms with Crippen molar-refractivity contribution in [1.29, 1.82) is 0 Å². The maximum Gasteiger partial charge on any atom is 0.289 e. The van der Waals surface area contributed by atoms with E-state index in [0.717, 1.165) is 0 Å². The molecule has 30 heavy (non-hydrogen) atoms. The van der Waals surface area contributed by atoms with Gasteiger partial charge in [0.25, 0.3) is 21.3 Å². The Bertz CT molecular complexity index is 1300. The molecule has 3 aromatic rings. The Hall–Kier alpha value is -2.70. The van der Waals surface area contributed by atoms with E-state index in [1.165, 1.54) is 50.5 Å². The number of aromatic nitrogens is 3. The summed E-state index contributed by atoms with van der Waals surface area (Å²) in [6.07, 6.45) is 1.09. The zero-order valence-corrected chi connectivity index (χ0v) is 17.9. The number of sulfonamides is 1. The summed E-state index contributed by atoms with van der Waals surface area (Å²) >= 11 is 1.17. The third-order valence-corrected chi connectivity index (χ3v) is 7.97. The minimum Gasteiger partial charge on any atom is -0.267 e. The maximum absolute atomic E-state index is 13.3. The molecule has 0 saturated carbocycles. The van der Waals surface area contributed by atoms with Gasteiger partial charge in [-0.2, -0.15) is 13.9 Å². The lowest BCUT2D eigenvalue weighted by Crippen LogP contribution is -2.31. The Morgan fingerprint density at radius 2 is 2.03 bits per heavy atom. The molecule has 1 aliphatic heterocycles. The molecule has 0 spiro atoms. The maximum atomic E-state index is 13.3. The second-order valence-corrected chi connectivity index (χ2v) is 10.2. The van der Waals surface area contributed by atoms with Crippen molar-refractivity contribution in [2.75, 3.05) is 6.54 Å². The van der Waals surface area contributed by atoms with Gasteiger partial charge in [0, 0.05) is 18.7 Å². The molecule has 0 bridgehead atoms. The second kappa shape index (κ2) is 7.52. The highest BCUT2D eigenvalue weighted by Crippen LogP contribution is 2.39. The van der Waals surface area contributed by atoms with Crippen LogP contribution in [-0.2, 0) is 10.0 Å². The molecule has 4 rings (SSSR count). The molecule has 1 aliphatic rings. The number of nitro benzene ring substituents is 1. The van der Waals surface area contributed by atoms with Gasteiger partial charge in [-0.1, -0.05) is 37.3 Å². The van der Waals surface area contributed by atoms with Crippen molar-refractivity contribution in [2.24, 2.45) is 0 Å². The van der Waals surface area contributed by atoms with Crippen LogP contribution in [0.25, 0.3) is 4.96 Å². The number of hydrogen-bond acceptors (Lipinski definition) is 8. The van der Waals surface area contributed by atoms with Crippen molar-refractivity contribution >= 4 is 32.0 Å². The van der Waals surface area contributed by atoms with E-state index in [0.29, 0.717) is 28.5 Å². The van der Waals surface area contributed by atoms with Gasteiger partial charge in [0.15, 0.2) is 4.90 Å². The van der Waals surface area contributed by atoms with Crippen LogP contribution in [0.4, 0.5) is 5.69 Å². The molecule has 1 saturated heterocycles. The van der Waals surface area contributed by atoms with E-state index in [-0.39, 0.29) is 22.9 Å². The molecule has 0 N–H and O–H groups in total. The van der Waals surface area contributed by atoms with Gasteiger partial charge in [-0.3, -0.25) is 14.9 Å². The van der Waals surface area contributed by atoms with Gasteiger partial charge in [0.05, 0.1) is 16.7 Å². The van der Waals surface area contributed by atoms with Crippen molar-refractivity contribution in [1.82, 2.24) is 18.9 Å². The SMILES string of the molecule is CC(C)c1cc(=O)n2nc([C@H]3CCCN3S(=O)(=O)c3ccccc3[N+](=O)[O-])sc2n1. The number of nitro groups is 1. The quantitative estimate of drug-likeness (QED) is 0.433. The van der Waals surface area contributed by atoms with E-state index in [1.54, 1.807) is 0 Å². The summed E-state index contributed by atoms with van der Waals surface area (Å²) in [5.74, 6) is 0.0650. The first-order valence-electron chi connectivity index (χ1n) is 9.36. The van der Waals surface area contributed by atoms with Crippen LogP contribution in [0.2, 0.25) is 0 Å². The second-order valence-electron chi connectivity index (χ2n) is 7.31. The normalized spacial score (nSPS) is 17.8. The van der Waals surface area contributed by atoms with Crippen LogP contribution in [0.15, 0.2) is 40.0 Å². The summed E-state index contributed by atoms with van der Waals surface area (Å²) < 4.78 is 29.0. The number of para-hydroxylation sites is 1. The first kappa shape index (κ1) is 20.6. The van der Waals surface area contributed by atoms with Crippen molar-refractivity contribution in [3.05, 3.63) is 61.5 Å². The average molecular weight is 450 g/mol. The molecule has 0 amide bonds. The molecule has 0 aliphatic carbocycles. The highest BCUT2D eigenvalue weighted by molar-refractivity contribution is 7.89. The van der Waals surface area contributed by atoms with Crippen LogP contribution in [-0.4, -0.2) is 38.8 Å². The molecule has 158 valence electrons. The predicted molar refractivity (Wildman–Crippen MR) is 110 cm³/mol. The summed E-state index contributed by atoms with van der Waals surface area (Å²) in [5, 5.41) is 16.1. The van der Waals surface area contributed by atoms with Crippen LogP contribution in [0.1, 0.15) is 49.4 Å². The minimum absolute atomic E-state index is 0.0650. The fourth-order valence-corrected chi connectivity index (χ4v) is 6.45. The van der Waals surface area contributed by atoms with Crippen LogP contribution >= 0.6 is 11.3 Å². The number of benzene rings is 1. The number of rotatable bonds is 5. The molecular weight excluding hydrogens is 430 g/mol. The molecular formula is C18H19N5O5S2. The van der Waals surface area contributed by atoms with Gasteiger partial charge in [0.2, 0.25) is 4.96 Å². The van der Waals surface area contributed by atoms with E-state index in [1.807, 2.05) is 13.8 Å². The molecule has 0 unspecified atom stereocenters. The van der Waals surface area contributed by atoms with Crippen molar-refractivity contribution in [3.63, 3.8) is 0 Å². The molecule has 2 aromatic heterocycles. The molecule has 12 heteroatoms. The lowest BCUT2D eigenvalue weighted by Gasteiger charge is -2.22. The Morgan fingerprint density at radius 1 is 1.30 bits per heavy atom. The zero-order chi connectivity index (χ0) is 21.6. The topological polar surface area (TPSA) is 128 Å². The van der Waals surface area contributed by atoms with Gasteiger partial charge < -0.3 is 0 Å². The Kier molecular flexibility index (Phi) is 5.16. The molecule has 1 atom stereocenters. The van der Waals surface area contributed by atoms with Crippen molar-refractivity contribution in [2.45, 2.75) is 43.5 Å². The molecule has 1 aromatic carbocycles. The van der Waals surface area contributed by atoms with Crippen LogP contribution in [0, 0.1) is 10.1 Å². The van der Waals surface area contributed by atoms with E-state index in [4.69, 9.17) is 0 Å². The fourth-order valence-electron chi connectivity index (χ4n) is 3.50. The third-order valence-electron chi connectivity index (χ3n) is 5.01. The predicted octanol–water partition coefficient (Wildman–Crippen LogP) is 2.71. The summed E-state index contributed by atoms with van der Waals surface area (Å²) in [6.45, 7) is 4.07. The lowest BCUT2D eigenvalue weighted by molar-refractivity contribution is -0.387. The Labute approximate surface area is 176 Å². The summed E-state index contributed by atoms with van der Waals surface area (Å²) in [4.78, 5) is 27.6. The monoisotopic (exact) mass is 449 g/mol. The highest BCUT2D eigenvalue weighted by Gasteiger charge is 2.41. The standard InChI is InChI=1S/C18H19N5O5S2/c1-11(2)12-10-16(24)22-18(19-12)29-17(20-22)14-7-5-9-21(14)30(27,28)15-8-4-3-6-13(15)23(25)26/h3-4,6,8,10-11,14H,5,7,9H2,1-2H3/t14-/m1/s1. The number of hydrogen-bond donors (Lipinski definition) is 0. The van der Waals surface area contributed by atoms with Gasteiger partial charge in [-0.25, -0.2) is 13.4 Å². The zero-order valence-electron chi connectivity index (χ0n) is 16.3. The van der Waals surface area contributed by atoms with Gasteiger partial charge in [-0.05, 0) is 24.8 Å². The van der Waals surface area contributed by atoms with Crippen molar-refractivity contribution in [3.8, 4) is 0 Å². The van der Waals surface area contributed by atoms with Crippen LogP contribution < -0.4 is 5.56 Å². The minimum atomic E-state index is -4.13. The molecule has 10 nitrogen and oxygen atoms in total. The molecule has 1 fully saturated rings. The van der Waals surface area contributed by atoms with E-state index >= 15 is 0 Å². The number of fused-ring (bicyclic) bond motifs is 1. The highest BCUT2D eigenvalue weighted by atomic mass is 32.2. The first-order chi connectivity index (χ1) is 14.2. The van der Waals surface area contributed by atoms with Gasteiger partial charge in [0.1, 0.15) is 5.01 Å². The Morgan fingerprint density at radius 3 is 2.73 bits per heavy atom. The Balaban J connectivity index is 1.78.